The number of anilines is 1. The SMILES string of the molecule is Cc1ccc(NC(C)C(=O)NN=Cc2ccc([N+](=O)[O-])s2)cc1. The molecule has 2 N–H and O–H groups in total. The lowest BCUT2D eigenvalue weighted by Gasteiger charge is -2.13. The minimum Gasteiger partial charge on any atom is -0.374 e. The highest BCUT2D eigenvalue weighted by molar-refractivity contribution is 7.16. The third-order valence-corrected chi connectivity index (χ3v) is 3.96. The van der Waals surface area contributed by atoms with Crippen molar-refractivity contribution in [3.05, 3.63) is 57.0 Å². The molecule has 0 saturated carbocycles. The molecule has 8 heteroatoms. The van der Waals surface area contributed by atoms with Crippen LogP contribution in [-0.2, 0) is 4.79 Å². The summed E-state index contributed by atoms with van der Waals surface area (Å²) in [5.74, 6) is -0.298. The number of carbonyl (C=O) groups excluding carboxylic acids is 1. The zero-order chi connectivity index (χ0) is 16.8. The van der Waals surface area contributed by atoms with Gasteiger partial charge in [-0.2, -0.15) is 5.10 Å². The van der Waals surface area contributed by atoms with E-state index in [2.05, 4.69) is 15.8 Å². The third-order valence-electron chi connectivity index (χ3n) is 2.99. The molecule has 0 radical (unpaired) electrons. The number of rotatable bonds is 6. The van der Waals surface area contributed by atoms with E-state index in [4.69, 9.17) is 0 Å². The van der Waals surface area contributed by atoms with Crippen molar-refractivity contribution >= 4 is 34.1 Å². The molecule has 0 aliphatic rings. The number of thiophene rings is 1. The van der Waals surface area contributed by atoms with Crippen molar-refractivity contribution in [1.29, 1.82) is 0 Å². The summed E-state index contributed by atoms with van der Waals surface area (Å²) in [7, 11) is 0. The Labute approximate surface area is 137 Å². The molecule has 1 atom stereocenters. The maximum atomic E-state index is 11.9. The Bertz CT molecular complexity index is 725. The van der Waals surface area contributed by atoms with E-state index < -0.39 is 11.0 Å². The zero-order valence-corrected chi connectivity index (χ0v) is 13.5. The van der Waals surface area contributed by atoms with Crippen molar-refractivity contribution in [2.24, 2.45) is 5.10 Å². The van der Waals surface area contributed by atoms with Gasteiger partial charge >= 0.3 is 5.00 Å². The molecule has 2 rings (SSSR count). The van der Waals surface area contributed by atoms with Crippen molar-refractivity contribution in [2.45, 2.75) is 19.9 Å². The van der Waals surface area contributed by atoms with Crippen molar-refractivity contribution in [1.82, 2.24) is 5.43 Å². The van der Waals surface area contributed by atoms with Crippen LogP contribution in [-0.4, -0.2) is 23.1 Å². The number of hydrazone groups is 1. The van der Waals surface area contributed by atoms with Crippen molar-refractivity contribution in [2.75, 3.05) is 5.32 Å². The molecule has 2 aromatic rings. The predicted octanol–water partition coefficient (Wildman–Crippen LogP) is 2.92. The van der Waals surface area contributed by atoms with E-state index in [1.54, 1.807) is 13.0 Å². The second kappa shape index (κ2) is 7.50. The number of hydrogen-bond acceptors (Lipinski definition) is 6. The Morgan fingerprint density at radius 2 is 2.00 bits per heavy atom. The Hall–Kier alpha value is -2.74. The lowest BCUT2D eigenvalue weighted by Crippen LogP contribution is -2.34. The number of carbonyl (C=O) groups is 1. The van der Waals surface area contributed by atoms with Gasteiger partial charge in [-0.1, -0.05) is 29.0 Å². The van der Waals surface area contributed by atoms with Crippen LogP contribution in [0.5, 0.6) is 0 Å². The second-order valence-corrected chi connectivity index (χ2v) is 5.99. The molecule has 0 fully saturated rings. The standard InChI is InChI=1S/C15H16N4O3S/c1-10-3-5-12(6-4-10)17-11(2)15(20)18-16-9-13-7-8-14(23-13)19(21)22/h3-9,11,17H,1-2H3,(H,18,20). The average Bonchev–Trinajstić information content (AvgIpc) is 2.98. The molecule has 1 aromatic carbocycles. The van der Waals surface area contributed by atoms with Gasteiger partial charge in [0.25, 0.3) is 5.91 Å². The first-order valence-corrected chi connectivity index (χ1v) is 7.67. The maximum absolute atomic E-state index is 11.9. The fourth-order valence-electron chi connectivity index (χ4n) is 1.73. The molecule has 7 nitrogen and oxygen atoms in total. The van der Waals surface area contributed by atoms with E-state index in [1.165, 1.54) is 12.3 Å². The van der Waals surface area contributed by atoms with Crippen LogP contribution in [0.2, 0.25) is 0 Å². The summed E-state index contributed by atoms with van der Waals surface area (Å²) in [6.45, 7) is 3.71. The summed E-state index contributed by atoms with van der Waals surface area (Å²) in [5, 5.41) is 17.5. The Morgan fingerprint density at radius 3 is 2.61 bits per heavy atom. The Morgan fingerprint density at radius 1 is 1.30 bits per heavy atom. The van der Waals surface area contributed by atoms with Crippen LogP contribution in [0.4, 0.5) is 10.7 Å². The molecule has 1 amide bonds. The van der Waals surface area contributed by atoms with Crippen molar-refractivity contribution in [3.63, 3.8) is 0 Å². The quantitative estimate of drug-likeness (QED) is 0.483. The van der Waals surface area contributed by atoms with E-state index in [1.807, 2.05) is 31.2 Å². The first kappa shape index (κ1) is 16.6. The predicted molar refractivity (Wildman–Crippen MR) is 91.0 cm³/mol. The first-order valence-electron chi connectivity index (χ1n) is 6.86. The van der Waals surface area contributed by atoms with Gasteiger partial charge in [0, 0.05) is 11.8 Å². The van der Waals surface area contributed by atoms with Gasteiger partial charge in [0.2, 0.25) is 0 Å². The highest BCUT2D eigenvalue weighted by Crippen LogP contribution is 2.22. The van der Waals surface area contributed by atoms with E-state index in [-0.39, 0.29) is 10.9 Å². The van der Waals surface area contributed by atoms with E-state index in [0.29, 0.717) is 4.88 Å². The second-order valence-electron chi connectivity index (χ2n) is 4.90. The number of nitrogens with zero attached hydrogens (tertiary/aromatic N) is 2. The number of nitro groups is 1. The number of amides is 1. The minimum absolute atomic E-state index is 0.0344. The van der Waals surface area contributed by atoms with E-state index >= 15 is 0 Å². The highest BCUT2D eigenvalue weighted by atomic mass is 32.1. The number of hydrogen-bond donors (Lipinski definition) is 2. The average molecular weight is 332 g/mol. The third kappa shape index (κ3) is 4.89. The summed E-state index contributed by atoms with van der Waals surface area (Å²) >= 11 is 0.990. The molecule has 120 valence electrons. The van der Waals surface area contributed by atoms with Crippen molar-refractivity contribution in [3.8, 4) is 0 Å². The Kier molecular flexibility index (Phi) is 5.42. The smallest absolute Gasteiger partial charge is 0.324 e. The summed E-state index contributed by atoms with van der Waals surface area (Å²) in [5.41, 5.74) is 4.39. The van der Waals surface area contributed by atoms with Gasteiger partial charge in [-0.15, -0.1) is 0 Å². The largest absolute Gasteiger partial charge is 0.374 e. The molecule has 0 saturated heterocycles. The van der Waals surface area contributed by atoms with Crippen LogP contribution in [0.25, 0.3) is 0 Å². The van der Waals surface area contributed by atoms with Gasteiger partial charge in [-0.3, -0.25) is 14.9 Å². The normalized spacial score (nSPS) is 12.1. The molecular weight excluding hydrogens is 316 g/mol. The zero-order valence-electron chi connectivity index (χ0n) is 12.6. The van der Waals surface area contributed by atoms with Gasteiger partial charge in [-0.05, 0) is 32.0 Å². The van der Waals surface area contributed by atoms with Crippen LogP contribution < -0.4 is 10.7 Å². The van der Waals surface area contributed by atoms with Gasteiger partial charge in [0.1, 0.15) is 6.04 Å². The van der Waals surface area contributed by atoms with Crippen LogP contribution >= 0.6 is 11.3 Å². The molecule has 1 unspecified atom stereocenters. The molecule has 1 aromatic heterocycles. The lowest BCUT2D eigenvalue weighted by molar-refractivity contribution is -0.380. The summed E-state index contributed by atoms with van der Waals surface area (Å²) in [6, 6.07) is 10.2. The number of aryl methyl sites for hydroxylation is 1. The summed E-state index contributed by atoms with van der Waals surface area (Å²) in [6.07, 6.45) is 1.38. The molecule has 0 aliphatic heterocycles. The summed E-state index contributed by atoms with van der Waals surface area (Å²) < 4.78 is 0. The highest BCUT2D eigenvalue weighted by Gasteiger charge is 2.12. The van der Waals surface area contributed by atoms with Crippen molar-refractivity contribution < 1.29 is 9.72 Å². The molecule has 1 heterocycles. The lowest BCUT2D eigenvalue weighted by atomic mass is 10.2. The van der Waals surface area contributed by atoms with Gasteiger partial charge in [0.15, 0.2) is 0 Å². The molecule has 0 spiro atoms. The fourth-order valence-corrected chi connectivity index (χ4v) is 2.42. The van der Waals surface area contributed by atoms with Crippen LogP contribution in [0.3, 0.4) is 0 Å². The van der Waals surface area contributed by atoms with Gasteiger partial charge in [0.05, 0.1) is 16.0 Å². The maximum Gasteiger partial charge on any atom is 0.324 e. The number of nitrogens with one attached hydrogen (secondary N) is 2. The van der Waals surface area contributed by atoms with E-state index in [0.717, 1.165) is 22.6 Å². The molecular formula is C15H16N4O3S. The van der Waals surface area contributed by atoms with E-state index in [9.17, 15) is 14.9 Å². The topological polar surface area (TPSA) is 96.6 Å². The minimum atomic E-state index is -0.465. The van der Waals surface area contributed by atoms with Gasteiger partial charge in [-0.25, -0.2) is 5.43 Å². The number of benzene rings is 1. The Balaban J connectivity index is 1.86. The van der Waals surface area contributed by atoms with Crippen LogP contribution in [0, 0.1) is 17.0 Å². The molecule has 0 aliphatic carbocycles. The first-order chi connectivity index (χ1) is 11.0. The molecule has 0 bridgehead atoms. The van der Waals surface area contributed by atoms with Crippen LogP contribution in [0.15, 0.2) is 41.5 Å². The molecule has 23 heavy (non-hydrogen) atoms. The van der Waals surface area contributed by atoms with Crippen LogP contribution in [0.1, 0.15) is 17.4 Å². The fraction of sp³-hybridized carbons (Fsp3) is 0.200. The summed E-state index contributed by atoms with van der Waals surface area (Å²) in [4.78, 5) is 22.6. The van der Waals surface area contributed by atoms with Gasteiger partial charge < -0.3 is 5.32 Å². The monoisotopic (exact) mass is 332 g/mol.